The number of aromatic nitrogens is 2. The Labute approximate surface area is 213 Å². The Bertz CT molecular complexity index is 718. The first-order valence-electron chi connectivity index (χ1n) is 14.0. The van der Waals surface area contributed by atoms with Crippen molar-refractivity contribution in [3.8, 4) is 16.9 Å². The highest BCUT2D eigenvalue weighted by Crippen LogP contribution is 2.23. The molecule has 190 valence electrons. The van der Waals surface area contributed by atoms with Gasteiger partial charge >= 0.3 is 0 Å². The lowest BCUT2D eigenvalue weighted by Crippen LogP contribution is -1.97. The number of benzene rings is 1. The summed E-state index contributed by atoms with van der Waals surface area (Å²) < 4.78 is 5.91. The predicted octanol–water partition coefficient (Wildman–Crippen LogP) is 9.90. The fraction of sp³-hybridized carbons (Fsp3) is 0.667. The first kappa shape index (κ1) is 28.7. The largest absolute Gasteiger partial charge is 0.494 e. The summed E-state index contributed by atoms with van der Waals surface area (Å²) in [6, 6.07) is 8.33. The van der Waals surface area contributed by atoms with Crippen molar-refractivity contribution in [2.24, 2.45) is 0 Å². The summed E-state index contributed by atoms with van der Waals surface area (Å²) in [6.45, 7) is 5.35. The Morgan fingerprint density at radius 3 is 1.65 bits per heavy atom. The van der Waals surface area contributed by atoms with Crippen LogP contribution in [0.4, 0.5) is 0 Å². The fourth-order valence-corrected chi connectivity index (χ4v) is 4.89. The van der Waals surface area contributed by atoms with Gasteiger partial charge in [0.1, 0.15) is 5.75 Å². The molecule has 0 atom stereocenters. The second-order valence-electron chi connectivity index (χ2n) is 9.43. The normalized spacial score (nSPS) is 11.1. The minimum atomic E-state index is 0.807. The van der Waals surface area contributed by atoms with Gasteiger partial charge in [-0.25, -0.2) is 9.97 Å². The molecule has 0 unspecified atom stereocenters. The van der Waals surface area contributed by atoms with E-state index in [-0.39, 0.29) is 0 Å². The van der Waals surface area contributed by atoms with Gasteiger partial charge in [0.05, 0.1) is 6.61 Å². The van der Waals surface area contributed by atoms with Crippen molar-refractivity contribution < 1.29 is 4.74 Å². The summed E-state index contributed by atoms with van der Waals surface area (Å²) in [5.41, 5.74) is 2.20. The smallest absolute Gasteiger partial charge is 0.187 e. The molecule has 0 bridgehead atoms. The Morgan fingerprint density at radius 1 is 0.588 bits per heavy atom. The minimum Gasteiger partial charge on any atom is -0.494 e. The Balaban J connectivity index is 1.56. The zero-order valence-electron chi connectivity index (χ0n) is 21.9. The van der Waals surface area contributed by atoms with Gasteiger partial charge in [0, 0.05) is 23.7 Å². The second-order valence-corrected chi connectivity index (χ2v) is 10.5. The van der Waals surface area contributed by atoms with Crippen LogP contribution >= 0.6 is 11.8 Å². The lowest BCUT2D eigenvalue weighted by atomic mass is 10.1. The number of unbranched alkanes of at least 4 members (excludes halogenated alkanes) is 14. The monoisotopic (exact) mass is 484 g/mol. The highest BCUT2D eigenvalue weighted by Gasteiger charge is 2.03. The highest BCUT2D eigenvalue weighted by atomic mass is 32.2. The Kier molecular flexibility index (Phi) is 16.6. The maximum atomic E-state index is 5.91. The van der Waals surface area contributed by atoms with Crippen molar-refractivity contribution in [2.45, 2.75) is 122 Å². The molecule has 1 aromatic carbocycles. The second kappa shape index (κ2) is 19.7. The zero-order valence-corrected chi connectivity index (χ0v) is 22.7. The molecule has 0 amide bonds. The molecule has 0 aliphatic rings. The van der Waals surface area contributed by atoms with Crippen LogP contribution in [0.5, 0.6) is 5.75 Å². The number of hydrogen-bond donors (Lipinski definition) is 0. The molecule has 3 nitrogen and oxygen atoms in total. The van der Waals surface area contributed by atoms with Crippen molar-refractivity contribution >= 4 is 11.8 Å². The minimum absolute atomic E-state index is 0.807. The van der Waals surface area contributed by atoms with Crippen molar-refractivity contribution in [3.63, 3.8) is 0 Å². The lowest BCUT2D eigenvalue weighted by molar-refractivity contribution is 0.304. The molecule has 0 saturated carbocycles. The summed E-state index contributed by atoms with van der Waals surface area (Å²) >= 11 is 1.78. The maximum Gasteiger partial charge on any atom is 0.187 e. The average molecular weight is 485 g/mol. The molecule has 2 rings (SSSR count). The average Bonchev–Trinajstić information content (AvgIpc) is 2.87. The van der Waals surface area contributed by atoms with Crippen LogP contribution in [0.1, 0.15) is 117 Å². The Morgan fingerprint density at radius 2 is 1.09 bits per heavy atom. The van der Waals surface area contributed by atoms with Gasteiger partial charge in [-0.3, -0.25) is 0 Å². The van der Waals surface area contributed by atoms with Gasteiger partial charge in [0.25, 0.3) is 0 Å². The van der Waals surface area contributed by atoms with E-state index >= 15 is 0 Å². The van der Waals surface area contributed by atoms with Gasteiger partial charge in [0.15, 0.2) is 5.16 Å². The van der Waals surface area contributed by atoms with E-state index < -0.39 is 0 Å². The molecule has 2 aromatic rings. The van der Waals surface area contributed by atoms with E-state index in [2.05, 4.69) is 48.1 Å². The van der Waals surface area contributed by atoms with Gasteiger partial charge in [-0.15, -0.1) is 0 Å². The van der Waals surface area contributed by atoms with Crippen LogP contribution in [0.25, 0.3) is 11.1 Å². The number of ether oxygens (including phenoxy) is 1. The van der Waals surface area contributed by atoms with Gasteiger partial charge < -0.3 is 4.74 Å². The molecule has 0 fully saturated rings. The third kappa shape index (κ3) is 13.4. The number of thioether (sulfide) groups is 1. The van der Waals surface area contributed by atoms with E-state index in [1.807, 2.05) is 12.4 Å². The van der Waals surface area contributed by atoms with Crippen molar-refractivity contribution in [1.29, 1.82) is 0 Å². The lowest BCUT2D eigenvalue weighted by Gasteiger charge is -2.08. The fourth-order valence-electron chi connectivity index (χ4n) is 4.11. The molecule has 0 aliphatic heterocycles. The number of hydrogen-bond acceptors (Lipinski definition) is 4. The molecule has 0 radical (unpaired) electrons. The van der Waals surface area contributed by atoms with Gasteiger partial charge in [-0.05, 0) is 30.5 Å². The predicted molar refractivity (Wildman–Crippen MR) is 149 cm³/mol. The van der Waals surface area contributed by atoms with Crippen molar-refractivity contribution in [2.75, 3.05) is 12.4 Å². The molecule has 0 aliphatic carbocycles. The van der Waals surface area contributed by atoms with E-state index in [0.29, 0.717) is 0 Å². The first-order chi connectivity index (χ1) is 16.8. The first-order valence-corrected chi connectivity index (χ1v) is 15.0. The topological polar surface area (TPSA) is 35.0 Å². The van der Waals surface area contributed by atoms with E-state index in [4.69, 9.17) is 4.74 Å². The van der Waals surface area contributed by atoms with Gasteiger partial charge in [0.2, 0.25) is 0 Å². The van der Waals surface area contributed by atoms with E-state index in [1.54, 1.807) is 11.8 Å². The summed E-state index contributed by atoms with van der Waals surface area (Å²) in [4.78, 5) is 9.14. The summed E-state index contributed by atoms with van der Waals surface area (Å²) in [5.74, 6) is 2.06. The van der Waals surface area contributed by atoms with Crippen molar-refractivity contribution in [3.05, 3.63) is 36.7 Å². The van der Waals surface area contributed by atoms with Crippen LogP contribution in [0, 0.1) is 0 Å². The quantitative estimate of drug-likeness (QED) is 0.100. The van der Waals surface area contributed by atoms with Crippen molar-refractivity contribution in [1.82, 2.24) is 9.97 Å². The van der Waals surface area contributed by atoms with Gasteiger partial charge in [-0.2, -0.15) is 0 Å². The van der Waals surface area contributed by atoms with E-state index in [1.165, 1.54) is 96.3 Å². The summed E-state index contributed by atoms with van der Waals surface area (Å²) in [7, 11) is 0. The Hall–Kier alpha value is -1.55. The van der Waals surface area contributed by atoms with Gasteiger partial charge in [-0.1, -0.05) is 128 Å². The van der Waals surface area contributed by atoms with Crippen LogP contribution < -0.4 is 4.74 Å². The van der Waals surface area contributed by atoms with Crippen LogP contribution in [0.15, 0.2) is 41.8 Å². The summed E-state index contributed by atoms with van der Waals surface area (Å²) in [5, 5.41) is 0.887. The van der Waals surface area contributed by atoms with Crippen LogP contribution in [-0.4, -0.2) is 22.3 Å². The molecule has 1 heterocycles. The highest BCUT2D eigenvalue weighted by molar-refractivity contribution is 7.99. The zero-order chi connectivity index (χ0) is 24.1. The third-order valence-corrected chi connectivity index (χ3v) is 7.27. The molecule has 34 heavy (non-hydrogen) atoms. The number of rotatable bonds is 21. The maximum absolute atomic E-state index is 5.91. The number of nitrogens with zero attached hydrogens (tertiary/aromatic N) is 2. The SMILES string of the molecule is CCCCCCCCCCCSc1ncc(-c2ccc(OCCCCCCCCC)cc2)cn1. The molecule has 0 N–H and O–H groups in total. The molecule has 0 spiro atoms. The molecule has 4 heteroatoms. The van der Waals surface area contributed by atoms with E-state index in [0.717, 1.165) is 40.8 Å². The molecular formula is C30H48N2OS. The molecular weight excluding hydrogens is 436 g/mol. The summed E-state index contributed by atoms with van der Waals surface area (Å²) in [6.07, 6.45) is 25.3. The molecule has 0 saturated heterocycles. The third-order valence-electron chi connectivity index (χ3n) is 6.31. The van der Waals surface area contributed by atoms with E-state index in [9.17, 15) is 0 Å². The van der Waals surface area contributed by atoms with Crippen LogP contribution in [-0.2, 0) is 0 Å². The van der Waals surface area contributed by atoms with Crippen LogP contribution in [0.3, 0.4) is 0 Å². The standard InChI is InChI=1S/C30H48N2OS/c1-3-5-7-9-11-12-14-16-18-24-34-30-31-25-28(26-32-30)27-19-21-29(22-20-27)33-23-17-15-13-10-8-6-4-2/h19-22,25-26H,3-18,23-24H2,1-2H3. The molecule has 1 aromatic heterocycles. The van der Waals surface area contributed by atoms with Crippen LogP contribution in [0.2, 0.25) is 0 Å².